The molecule has 264 valence electrons. The second-order valence-electron chi connectivity index (χ2n) is 16.4. The van der Waals surface area contributed by atoms with Gasteiger partial charge in [-0.3, -0.25) is 14.7 Å². The van der Waals surface area contributed by atoms with Gasteiger partial charge in [0.1, 0.15) is 11.6 Å². The third-order valence-corrected chi connectivity index (χ3v) is 12.3. The van der Waals surface area contributed by atoms with Crippen LogP contribution < -0.4 is 14.7 Å². The summed E-state index contributed by atoms with van der Waals surface area (Å²) in [6, 6.07) is 54.8. The Morgan fingerprint density at radius 1 is 0.315 bits per heavy atom. The summed E-state index contributed by atoms with van der Waals surface area (Å²) in [6.45, 7) is 13.9. The van der Waals surface area contributed by atoms with Crippen molar-refractivity contribution in [3.05, 3.63) is 185 Å². The Kier molecular flexibility index (Phi) is 6.85. The van der Waals surface area contributed by atoms with Crippen LogP contribution in [0.4, 0.5) is 51.7 Å². The molecule has 0 aliphatic carbocycles. The number of para-hydroxylation sites is 6. The number of rotatable bonds is 3. The van der Waals surface area contributed by atoms with Gasteiger partial charge in [-0.05, 0) is 69.8 Å². The maximum atomic E-state index is 5.62. The monoisotopic (exact) mass is 701 g/mol. The highest BCUT2D eigenvalue weighted by Gasteiger charge is 2.42. The van der Waals surface area contributed by atoms with Gasteiger partial charge >= 0.3 is 0 Å². The number of anilines is 9. The predicted molar refractivity (Wildman–Crippen MR) is 222 cm³/mol. The van der Waals surface area contributed by atoms with Crippen LogP contribution in [0.3, 0.4) is 0 Å². The van der Waals surface area contributed by atoms with Crippen LogP contribution in [0.25, 0.3) is 0 Å². The fraction of sp³-hybridized carbons (Fsp3) is 0.184. The molecular weight excluding hydrogens is 659 g/mol. The van der Waals surface area contributed by atoms with Crippen molar-refractivity contribution in [3.8, 4) is 0 Å². The van der Waals surface area contributed by atoms with Crippen molar-refractivity contribution in [3.63, 3.8) is 0 Å². The van der Waals surface area contributed by atoms with Crippen LogP contribution in [0.5, 0.6) is 0 Å². The van der Waals surface area contributed by atoms with E-state index in [4.69, 9.17) is 9.97 Å². The number of fused-ring (bicyclic) bond motifs is 6. The highest BCUT2D eigenvalue weighted by molar-refractivity contribution is 5.91. The Hall–Kier alpha value is -6.20. The molecule has 3 aliphatic heterocycles. The van der Waals surface area contributed by atoms with E-state index < -0.39 is 0 Å². The van der Waals surface area contributed by atoms with Gasteiger partial charge in [0, 0.05) is 22.3 Å². The standard InChI is InChI=1S/C49H43N5/c1-47(2)32-19-7-13-25-38(32)52(39-26-14-8-20-33(39)47)44-31-45(53-40-27-15-9-21-34(40)48(3,4)35-22-10-16-28-41(35)53)51-46(50-44)54-42-29-17-11-23-36(42)49(5,6)37-24-12-18-30-43(37)54/h7-31H,1-6H3. The minimum atomic E-state index is -0.212. The third kappa shape index (κ3) is 4.45. The van der Waals surface area contributed by atoms with Crippen molar-refractivity contribution in [2.24, 2.45) is 0 Å². The van der Waals surface area contributed by atoms with Gasteiger partial charge in [0.25, 0.3) is 0 Å². The zero-order valence-corrected chi connectivity index (χ0v) is 31.7. The summed E-state index contributed by atoms with van der Waals surface area (Å²) in [6.07, 6.45) is 0. The Labute approximate surface area is 318 Å². The maximum absolute atomic E-state index is 5.62. The summed E-state index contributed by atoms with van der Waals surface area (Å²) in [5, 5.41) is 0. The van der Waals surface area contributed by atoms with Crippen LogP contribution in [0.15, 0.2) is 152 Å². The van der Waals surface area contributed by atoms with Crippen LogP contribution in [0, 0.1) is 0 Å². The highest BCUT2D eigenvalue weighted by atomic mass is 15.3. The van der Waals surface area contributed by atoms with Crippen molar-refractivity contribution < 1.29 is 0 Å². The molecule has 7 aromatic rings. The van der Waals surface area contributed by atoms with Gasteiger partial charge in [-0.2, -0.15) is 9.97 Å². The minimum absolute atomic E-state index is 0.199. The Morgan fingerprint density at radius 3 is 0.796 bits per heavy atom. The molecular formula is C49H43N5. The van der Waals surface area contributed by atoms with Crippen LogP contribution in [0.2, 0.25) is 0 Å². The molecule has 5 heteroatoms. The SMILES string of the molecule is CC1(C)c2ccccc2N(c2cc(N3c4ccccc4C(C)(C)c4ccccc43)nc(N3c4ccccc4C(C)(C)c4ccccc43)n2)c2ccccc21. The van der Waals surface area contributed by atoms with E-state index in [9.17, 15) is 0 Å². The van der Waals surface area contributed by atoms with Gasteiger partial charge in [-0.1, -0.05) is 151 Å². The first-order chi connectivity index (χ1) is 26.1. The van der Waals surface area contributed by atoms with Gasteiger partial charge in [0.05, 0.1) is 34.1 Å². The number of aromatic nitrogens is 2. The maximum Gasteiger partial charge on any atom is 0.238 e. The van der Waals surface area contributed by atoms with E-state index in [1.165, 1.54) is 33.4 Å². The number of benzene rings is 6. The molecule has 0 radical (unpaired) electrons. The molecule has 0 N–H and O–H groups in total. The van der Waals surface area contributed by atoms with Gasteiger partial charge in [-0.25, -0.2) is 0 Å². The summed E-state index contributed by atoms with van der Waals surface area (Å²) < 4.78 is 0. The topological polar surface area (TPSA) is 35.5 Å². The molecule has 54 heavy (non-hydrogen) atoms. The second kappa shape index (κ2) is 11.4. The zero-order valence-electron chi connectivity index (χ0n) is 31.7. The first kappa shape index (κ1) is 32.5. The van der Waals surface area contributed by atoms with Gasteiger partial charge in [0.15, 0.2) is 0 Å². The fourth-order valence-electron chi connectivity index (χ4n) is 9.46. The minimum Gasteiger partial charge on any atom is -0.294 e. The van der Waals surface area contributed by atoms with Crippen molar-refractivity contribution in [2.75, 3.05) is 14.7 Å². The normalized spacial score (nSPS) is 16.7. The smallest absolute Gasteiger partial charge is 0.238 e. The molecule has 0 saturated heterocycles. The lowest BCUT2D eigenvalue weighted by molar-refractivity contribution is 0.629. The summed E-state index contributed by atoms with van der Waals surface area (Å²) in [7, 11) is 0. The van der Waals surface area contributed by atoms with E-state index in [1.807, 2.05) is 0 Å². The van der Waals surface area contributed by atoms with Gasteiger partial charge in [0.2, 0.25) is 5.95 Å². The lowest BCUT2D eigenvalue weighted by Crippen LogP contribution is -2.33. The molecule has 4 heterocycles. The molecule has 1 aromatic heterocycles. The molecule has 0 bridgehead atoms. The molecule has 3 aliphatic rings. The average molecular weight is 702 g/mol. The number of hydrogen-bond donors (Lipinski definition) is 0. The van der Waals surface area contributed by atoms with Crippen molar-refractivity contribution in [1.29, 1.82) is 0 Å². The lowest BCUT2D eigenvalue weighted by atomic mass is 9.73. The van der Waals surface area contributed by atoms with E-state index >= 15 is 0 Å². The molecule has 6 aromatic carbocycles. The fourth-order valence-corrected chi connectivity index (χ4v) is 9.46. The second-order valence-corrected chi connectivity index (χ2v) is 16.4. The van der Waals surface area contributed by atoms with Crippen molar-refractivity contribution in [2.45, 2.75) is 57.8 Å². The lowest BCUT2D eigenvalue weighted by Gasteiger charge is -2.44. The van der Waals surface area contributed by atoms with Crippen LogP contribution in [-0.2, 0) is 16.2 Å². The Bertz CT molecular complexity index is 2190. The third-order valence-electron chi connectivity index (χ3n) is 12.3. The van der Waals surface area contributed by atoms with Gasteiger partial charge < -0.3 is 0 Å². The molecule has 0 amide bonds. The van der Waals surface area contributed by atoms with E-state index in [-0.39, 0.29) is 16.2 Å². The van der Waals surface area contributed by atoms with Crippen LogP contribution in [0.1, 0.15) is 74.9 Å². The molecule has 0 spiro atoms. The zero-order chi connectivity index (χ0) is 37.0. The van der Waals surface area contributed by atoms with E-state index in [0.717, 1.165) is 45.8 Å². The van der Waals surface area contributed by atoms with E-state index in [2.05, 4.69) is 208 Å². The summed E-state index contributed by atoms with van der Waals surface area (Å²) in [4.78, 5) is 18.2. The van der Waals surface area contributed by atoms with E-state index in [0.29, 0.717) is 5.95 Å². The summed E-state index contributed by atoms with van der Waals surface area (Å²) in [5.41, 5.74) is 13.6. The quantitative estimate of drug-likeness (QED) is 0.183. The Morgan fingerprint density at radius 2 is 0.537 bits per heavy atom. The highest BCUT2D eigenvalue weighted by Crippen LogP contribution is 2.56. The molecule has 5 nitrogen and oxygen atoms in total. The molecule has 0 fully saturated rings. The average Bonchev–Trinajstić information content (AvgIpc) is 3.18. The number of hydrogen-bond acceptors (Lipinski definition) is 5. The Balaban J connectivity index is 1.30. The van der Waals surface area contributed by atoms with Gasteiger partial charge in [-0.15, -0.1) is 0 Å². The first-order valence-electron chi connectivity index (χ1n) is 18.9. The van der Waals surface area contributed by atoms with Crippen molar-refractivity contribution in [1.82, 2.24) is 9.97 Å². The number of nitrogens with zero attached hydrogens (tertiary/aromatic N) is 5. The largest absolute Gasteiger partial charge is 0.294 e. The van der Waals surface area contributed by atoms with E-state index in [1.54, 1.807) is 0 Å². The van der Waals surface area contributed by atoms with Crippen LogP contribution >= 0.6 is 0 Å². The summed E-state index contributed by atoms with van der Waals surface area (Å²) >= 11 is 0. The molecule has 10 rings (SSSR count). The van der Waals surface area contributed by atoms with Crippen molar-refractivity contribution >= 4 is 51.7 Å². The molecule has 0 atom stereocenters. The molecule has 0 saturated carbocycles. The van der Waals surface area contributed by atoms with Crippen LogP contribution in [-0.4, -0.2) is 9.97 Å². The predicted octanol–water partition coefficient (Wildman–Crippen LogP) is 12.8. The summed E-state index contributed by atoms with van der Waals surface area (Å²) in [5.74, 6) is 2.24. The molecule has 0 unspecified atom stereocenters. The first-order valence-corrected chi connectivity index (χ1v) is 18.9.